The molecule has 0 spiro atoms. The van der Waals surface area contributed by atoms with Crippen molar-refractivity contribution in [3.63, 3.8) is 0 Å². The van der Waals surface area contributed by atoms with Crippen molar-refractivity contribution in [2.75, 3.05) is 32.2 Å². The van der Waals surface area contributed by atoms with Crippen molar-refractivity contribution >= 4 is 5.69 Å². The van der Waals surface area contributed by atoms with Gasteiger partial charge in [-0.3, -0.25) is 15.7 Å². The molecule has 1 aromatic rings. The number of nitrogen functional groups attached to an aromatic ring is 1. The van der Waals surface area contributed by atoms with Crippen molar-refractivity contribution in [2.45, 2.75) is 25.0 Å². The molecule has 0 unspecified atom stereocenters. The van der Waals surface area contributed by atoms with E-state index in [9.17, 15) is 5.11 Å². The number of pyridine rings is 1. The molecular formula is C13H22N4O2. The van der Waals surface area contributed by atoms with Gasteiger partial charge in [0.15, 0.2) is 0 Å². The van der Waals surface area contributed by atoms with Gasteiger partial charge in [-0.2, -0.15) is 0 Å². The lowest BCUT2D eigenvalue weighted by Crippen LogP contribution is -2.45. The Morgan fingerprint density at radius 3 is 2.95 bits per heavy atom. The van der Waals surface area contributed by atoms with Crippen LogP contribution in [0.4, 0.5) is 5.69 Å². The molecule has 19 heavy (non-hydrogen) atoms. The fourth-order valence-corrected chi connectivity index (χ4v) is 2.40. The molecule has 0 radical (unpaired) electrons. The monoisotopic (exact) mass is 266 g/mol. The minimum Gasteiger partial charge on any atom is -0.388 e. The molecule has 0 aromatic carbocycles. The molecule has 2 heterocycles. The van der Waals surface area contributed by atoms with Crippen molar-refractivity contribution in [1.82, 2.24) is 9.88 Å². The van der Waals surface area contributed by atoms with E-state index in [0.29, 0.717) is 39.1 Å². The maximum absolute atomic E-state index is 10.4. The summed E-state index contributed by atoms with van der Waals surface area (Å²) in [5, 5.41) is 10.4. The van der Waals surface area contributed by atoms with E-state index in [1.165, 1.54) is 0 Å². The van der Waals surface area contributed by atoms with Gasteiger partial charge < -0.3 is 15.3 Å². The third-order valence-corrected chi connectivity index (χ3v) is 3.40. The molecule has 0 amide bonds. The summed E-state index contributed by atoms with van der Waals surface area (Å²) >= 11 is 0. The zero-order valence-electron chi connectivity index (χ0n) is 11.3. The lowest BCUT2D eigenvalue weighted by Gasteiger charge is -2.35. The van der Waals surface area contributed by atoms with Crippen LogP contribution in [0.3, 0.4) is 0 Å². The first-order chi connectivity index (χ1) is 9.11. The van der Waals surface area contributed by atoms with Gasteiger partial charge in [-0.25, -0.2) is 0 Å². The summed E-state index contributed by atoms with van der Waals surface area (Å²) in [6.07, 6.45) is 3.10. The van der Waals surface area contributed by atoms with Crippen molar-refractivity contribution < 1.29 is 9.84 Å². The maximum Gasteiger partial charge on any atom is 0.0817 e. The van der Waals surface area contributed by atoms with E-state index in [1.807, 2.05) is 19.2 Å². The number of aromatic nitrogens is 1. The number of hydrogen-bond donors (Lipinski definition) is 3. The smallest absolute Gasteiger partial charge is 0.0817 e. The number of ether oxygens (including phenoxy) is 1. The normalized spacial score (nSPS) is 18.5. The summed E-state index contributed by atoms with van der Waals surface area (Å²) in [7, 11) is 1.98. The number of likely N-dealkylation sites (N-methyl/N-ethyl adjacent to an activating group) is 1. The highest BCUT2D eigenvalue weighted by Crippen LogP contribution is 2.21. The SMILES string of the molecule is CN(Cc1cc(NN)ccn1)CC1(O)CCOCC1. The molecule has 1 aliphatic heterocycles. The summed E-state index contributed by atoms with van der Waals surface area (Å²) in [6.45, 7) is 2.57. The summed E-state index contributed by atoms with van der Waals surface area (Å²) in [5.41, 5.74) is 3.72. The molecule has 6 heteroatoms. The highest BCUT2D eigenvalue weighted by atomic mass is 16.5. The van der Waals surface area contributed by atoms with Crippen molar-refractivity contribution in [2.24, 2.45) is 5.84 Å². The van der Waals surface area contributed by atoms with Gasteiger partial charge in [0.25, 0.3) is 0 Å². The second kappa shape index (κ2) is 6.29. The van der Waals surface area contributed by atoms with Crippen LogP contribution in [0.2, 0.25) is 0 Å². The van der Waals surface area contributed by atoms with Crippen molar-refractivity contribution in [3.8, 4) is 0 Å². The Bertz CT molecular complexity index is 407. The lowest BCUT2D eigenvalue weighted by molar-refractivity contribution is -0.0778. The van der Waals surface area contributed by atoms with E-state index in [-0.39, 0.29) is 0 Å². The first-order valence-electron chi connectivity index (χ1n) is 6.51. The zero-order chi connectivity index (χ0) is 13.7. The van der Waals surface area contributed by atoms with E-state index in [0.717, 1.165) is 11.4 Å². The highest BCUT2D eigenvalue weighted by Gasteiger charge is 2.30. The molecule has 0 atom stereocenters. The predicted molar refractivity (Wildman–Crippen MR) is 73.4 cm³/mol. The third-order valence-electron chi connectivity index (χ3n) is 3.40. The number of nitrogens with one attached hydrogen (secondary N) is 1. The Hall–Kier alpha value is -1.21. The first kappa shape index (κ1) is 14.2. The summed E-state index contributed by atoms with van der Waals surface area (Å²) < 4.78 is 5.28. The van der Waals surface area contributed by atoms with Gasteiger partial charge in [0.1, 0.15) is 0 Å². The van der Waals surface area contributed by atoms with Crippen LogP contribution in [0.15, 0.2) is 18.3 Å². The maximum atomic E-state index is 10.4. The number of hydrazine groups is 1. The molecule has 2 rings (SSSR count). The number of nitrogens with two attached hydrogens (primary N) is 1. The molecule has 1 fully saturated rings. The van der Waals surface area contributed by atoms with E-state index in [2.05, 4.69) is 15.3 Å². The average Bonchev–Trinajstić information content (AvgIpc) is 2.39. The van der Waals surface area contributed by atoms with Gasteiger partial charge in [0.05, 0.1) is 17.0 Å². The van der Waals surface area contributed by atoms with Crippen LogP contribution in [-0.4, -0.2) is 47.4 Å². The quantitative estimate of drug-likeness (QED) is 0.526. The molecule has 1 saturated heterocycles. The fraction of sp³-hybridized carbons (Fsp3) is 0.615. The molecule has 6 nitrogen and oxygen atoms in total. The number of anilines is 1. The largest absolute Gasteiger partial charge is 0.388 e. The Morgan fingerprint density at radius 1 is 1.53 bits per heavy atom. The third kappa shape index (κ3) is 4.14. The van der Waals surface area contributed by atoms with Crippen LogP contribution in [0.25, 0.3) is 0 Å². The van der Waals surface area contributed by atoms with Gasteiger partial charge in [0, 0.05) is 45.3 Å². The van der Waals surface area contributed by atoms with E-state index < -0.39 is 5.60 Å². The molecule has 1 aliphatic rings. The Kier molecular flexibility index (Phi) is 4.71. The molecule has 1 aromatic heterocycles. The van der Waals surface area contributed by atoms with Crippen molar-refractivity contribution in [3.05, 3.63) is 24.0 Å². The first-order valence-corrected chi connectivity index (χ1v) is 6.51. The van der Waals surface area contributed by atoms with Crippen LogP contribution < -0.4 is 11.3 Å². The molecule has 4 N–H and O–H groups in total. The van der Waals surface area contributed by atoms with E-state index >= 15 is 0 Å². The molecule has 0 saturated carbocycles. The van der Waals surface area contributed by atoms with Crippen LogP contribution in [0, 0.1) is 0 Å². The second-order valence-corrected chi connectivity index (χ2v) is 5.19. The minimum atomic E-state index is -0.642. The number of nitrogens with zero attached hydrogens (tertiary/aromatic N) is 2. The lowest BCUT2D eigenvalue weighted by atomic mass is 9.94. The summed E-state index contributed by atoms with van der Waals surface area (Å²) in [4.78, 5) is 6.38. The molecule has 106 valence electrons. The Labute approximate surface area is 113 Å². The molecular weight excluding hydrogens is 244 g/mol. The van der Waals surface area contributed by atoms with Gasteiger partial charge in [-0.15, -0.1) is 0 Å². The van der Waals surface area contributed by atoms with Crippen molar-refractivity contribution in [1.29, 1.82) is 0 Å². The predicted octanol–water partition coefficient (Wildman–Crippen LogP) is 0.340. The van der Waals surface area contributed by atoms with Gasteiger partial charge in [-0.05, 0) is 19.2 Å². The fourth-order valence-electron chi connectivity index (χ4n) is 2.40. The number of hydrogen-bond acceptors (Lipinski definition) is 6. The Balaban J connectivity index is 1.91. The van der Waals surface area contributed by atoms with Gasteiger partial charge in [-0.1, -0.05) is 0 Å². The van der Waals surface area contributed by atoms with Crippen LogP contribution >= 0.6 is 0 Å². The molecule has 0 bridgehead atoms. The number of rotatable bonds is 5. The van der Waals surface area contributed by atoms with Gasteiger partial charge in [0.2, 0.25) is 0 Å². The molecule has 0 aliphatic carbocycles. The van der Waals surface area contributed by atoms with E-state index in [4.69, 9.17) is 10.6 Å². The Morgan fingerprint density at radius 2 is 2.26 bits per heavy atom. The second-order valence-electron chi connectivity index (χ2n) is 5.19. The minimum absolute atomic E-state index is 0.623. The van der Waals surface area contributed by atoms with Crippen LogP contribution in [-0.2, 0) is 11.3 Å². The zero-order valence-corrected chi connectivity index (χ0v) is 11.3. The number of aliphatic hydroxyl groups is 1. The van der Waals surface area contributed by atoms with Crippen LogP contribution in [0.5, 0.6) is 0 Å². The standard InChI is InChI=1S/C13H22N4O2/c1-17(10-13(18)3-6-19-7-4-13)9-12-8-11(16-14)2-5-15-12/h2,5,8,18H,3-4,6-7,9-10,14H2,1H3,(H,15,16). The highest BCUT2D eigenvalue weighted by molar-refractivity contribution is 5.41. The average molecular weight is 266 g/mol. The summed E-state index contributed by atoms with van der Waals surface area (Å²) in [6, 6.07) is 3.72. The topological polar surface area (TPSA) is 83.6 Å². The summed E-state index contributed by atoms with van der Waals surface area (Å²) in [5.74, 6) is 5.37. The van der Waals surface area contributed by atoms with E-state index in [1.54, 1.807) is 6.20 Å². The van der Waals surface area contributed by atoms with Gasteiger partial charge >= 0.3 is 0 Å². The van der Waals surface area contributed by atoms with Crippen LogP contribution in [0.1, 0.15) is 18.5 Å².